The molecule has 0 aliphatic heterocycles. The van der Waals surface area contributed by atoms with Gasteiger partial charge in [0, 0.05) is 6.54 Å². The molecule has 1 aromatic heterocycles. The molecule has 0 saturated carbocycles. The van der Waals surface area contributed by atoms with E-state index in [4.69, 9.17) is 0 Å². The Kier molecular flexibility index (Phi) is 4.18. The number of para-hydroxylation sites is 1. The zero-order valence-corrected chi connectivity index (χ0v) is 12.9. The molecule has 3 rings (SSSR count). The van der Waals surface area contributed by atoms with Gasteiger partial charge in [0.25, 0.3) is 5.91 Å². The largest absolute Gasteiger partial charge is 0.387 e. The van der Waals surface area contributed by atoms with Crippen LogP contribution in [0.4, 0.5) is 0 Å². The Morgan fingerprint density at radius 2 is 1.95 bits per heavy atom. The van der Waals surface area contributed by atoms with Crippen LogP contribution in [0.1, 0.15) is 27.0 Å². The summed E-state index contributed by atoms with van der Waals surface area (Å²) in [5, 5.41) is 13.4. The van der Waals surface area contributed by atoms with Gasteiger partial charge in [-0.25, -0.2) is 4.98 Å². The SMILES string of the molecule is Cc1ccccc1C(O)CNC(=O)c1nc2ccccc2s1. The molecule has 2 aromatic carbocycles. The first kappa shape index (κ1) is 14.7. The lowest BCUT2D eigenvalue weighted by Gasteiger charge is -2.13. The van der Waals surface area contributed by atoms with Gasteiger partial charge in [-0.05, 0) is 30.2 Å². The molecule has 0 spiro atoms. The zero-order chi connectivity index (χ0) is 15.5. The van der Waals surface area contributed by atoms with Gasteiger partial charge in [0.05, 0.1) is 16.3 Å². The van der Waals surface area contributed by atoms with Crippen LogP contribution in [-0.2, 0) is 0 Å². The van der Waals surface area contributed by atoms with Crippen molar-refractivity contribution in [2.45, 2.75) is 13.0 Å². The van der Waals surface area contributed by atoms with E-state index in [0.717, 1.165) is 21.3 Å². The number of thiazole rings is 1. The monoisotopic (exact) mass is 312 g/mol. The molecule has 0 radical (unpaired) electrons. The van der Waals surface area contributed by atoms with E-state index in [-0.39, 0.29) is 12.5 Å². The lowest BCUT2D eigenvalue weighted by atomic mass is 10.0. The number of rotatable bonds is 4. The van der Waals surface area contributed by atoms with E-state index in [9.17, 15) is 9.90 Å². The van der Waals surface area contributed by atoms with Crippen LogP contribution in [0.15, 0.2) is 48.5 Å². The minimum absolute atomic E-state index is 0.166. The number of benzene rings is 2. The smallest absolute Gasteiger partial charge is 0.280 e. The average Bonchev–Trinajstić information content (AvgIpc) is 2.97. The maximum atomic E-state index is 12.2. The second-order valence-electron chi connectivity index (χ2n) is 5.07. The summed E-state index contributed by atoms with van der Waals surface area (Å²) >= 11 is 1.35. The average molecular weight is 312 g/mol. The lowest BCUT2D eigenvalue weighted by Crippen LogP contribution is -2.28. The summed E-state index contributed by atoms with van der Waals surface area (Å²) in [6.45, 7) is 2.10. The number of nitrogens with one attached hydrogen (secondary N) is 1. The summed E-state index contributed by atoms with van der Waals surface area (Å²) in [7, 11) is 0. The van der Waals surface area contributed by atoms with Gasteiger partial charge in [0.2, 0.25) is 0 Å². The molecular formula is C17H16N2O2S. The predicted octanol–water partition coefficient (Wildman–Crippen LogP) is 3.07. The van der Waals surface area contributed by atoms with Crippen LogP contribution in [-0.4, -0.2) is 22.5 Å². The van der Waals surface area contributed by atoms with Crippen molar-refractivity contribution >= 4 is 27.5 Å². The number of hydrogen-bond donors (Lipinski definition) is 2. The first-order chi connectivity index (χ1) is 10.6. The molecule has 4 nitrogen and oxygen atoms in total. The Balaban J connectivity index is 1.68. The van der Waals surface area contributed by atoms with Crippen molar-refractivity contribution in [1.82, 2.24) is 10.3 Å². The van der Waals surface area contributed by atoms with Crippen molar-refractivity contribution in [3.8, 4) is 0 Å². The van der Waals surface area contributed by atoms with Gasteiger partial charge in [-0.3, -0.25) is 4.79 Å². The Morgan fingerprint density at radius 3 is 2.73 bits per heavy atom. The predicted molar refractivity (Wildman–Crippen MR) is 88.1 cm³/mol. The lowest BCUT2D eigenvalue weighted by molar-refractivity contribution is 0.0916. The summed E-state index contributed by atoms with van der Waals surface area (Å²) in [4.78, 5) is 16.5. The van der Waals surface area contributed by atoms with Crippen LogP contribution in [0.2, 0.25) is 0 Å². The second kappa shape index (κ2) is 6.25. The number of aliphatic hydroxyl groups is 1. The number of nitrogens with zero attached hydrogens (tertiary/aromatic N) is 1. The molecular weight excluding hydrogens is 296 g/mol. The maximum absolute atomic E-state index is 12.2. The zero-order valence-electron chi connectivity index (χ0n) is 12.1. The highest BCUT2D eigenvalue weighted by Crippen LogP contribution is 2.21. The normalized spacial score (nSPS) is 12.3. The number of fused-ring (bicyclic) bond motifs is 1. The first-order valence-corrected chi connectivity index (χ1v) is 7.84. The highest BCUT2D eigenvalue weighted by Gasteiger charge is 2.15. The fourth-order valence-corrected chi connectivity index (χ4v) is 3.19. The third-order valence-corrected chi connectivity index (χ3v) is 4.53. The number of carbonyl (C=O) groups excluding carboxylic acids is 1. The number of aromatic nitrogens is 1. The van der Waals surface area contributed by atoms with E-state index in [1.807, 2.05) is 55.5 Å². The van der Waals surface area contributed by atoms with Crippen LogP contribution in [0, 0.1) is 6.92 Å². The molecule has 0 fully saturated rings. The second-order valence-corrected chi connectivity index (χ2v) is 6.10. The molecule has 0 aliphatic rings. The van der Waals surface area contributed by atoms with E-state index in [1.54, 1.807) is 0 Å². The highest BCUT2D eigenvalue weighted by molar-refractivity contribution is 7.20. The molecule has 3 aromatic rings. The minimum atomic E-state index is -0.723. The van der Waals surface area contributed by atoms with Gasteiger partial charge < -0.3 is 10.4 Å². The summed E-state index contributed by atoms with van der Waals surface area (Å²) in [5.74, 6) is -0.256. The van der Waals surface area contributed by atoms with E-state index in [2.05, 4.69) is 10.3 Å². The summed E-state index contributed by atoms with van der Waals surface area (Å²) < 4.78 is 0.979. The molecule has 112 valence electrons. The highest BCUT2D eigenvalue weighted by atomic mass is 32.1. The van der Waals surface area contributed by atoms with Gasteiger partial charge in [-0.1, -0.05) is 36.4 Å². The fourth-order valence-electron chi connectivity index (χ4n) is 2.30. The first-order valence-electron chi connectivity index (χ1n) is 7.02. The van der Waals surface area contributed by atoms with Crippen LogP contribution < -0.4 is 5.32 Å². The molecule has 1 unspecified atom stereocenters. The van der Waals surface area contributed by atoms with Crippen molar-refractivity contribution in [2.24, 2.45) is 0 Å². The van der Waals surface area contributed by atoms with E-state index in [0.29, 0.717) is 5.01 Å². The quantitative estimate of drug-likeness (QED) is 0.778. The van der Waals surface area contributed by atoms with Crippen LogP contribution in [0.5, 0.6) is 0 Å². The number of aryl methyl sites for hydroxylation is 1. The molecule has 22 heavy (non-hydrogen) atoms. The molecule has 0 saturated heterocycles. The third kappa shape index (κ3) is 3.00. The van der Waals surface area contributed by atoms with E-state index < -0.39 is 6.10 Å². The standard InChI is InChI=1S/C17H16N2O2S/c1-11-6-2-3-7-12(11)14(20)10-18-16(21)17-19-13-8-4-5-9-15(13)22-17/h2-9,14,20H,10H2,1H3,(H,18,21). The Hall–Kier alpha value is -2.24. The fraction of sp³-hybridized carbons (Fsp3) is 0.176. The van der Waals surface area contributed by atoms with Crippen molar-refractivity contribution in [3.63, 3.8) is 0 Å². The minimum Gasteiger partial charge on any atom is -0.387 e. The molecule has 1 amide bonds. The van der Waals surface area contributed by atoms with E-state index >= 15 is 0 Å². The summed E-state index contributed by atoms with van der Waals surface area (Å²) in [6.07, 6.45) is -0.723. The Morgan fingerprint density at radius 1 is 1.23 bits per heavy atom. The van der Waals surface area contributed by atoms with Crippen molar-refractivity contribution in [2.75, 3.05) is 6.54 Å². The topological polar surface area (TPSA) is 62.2 Å². The molecule has 0 bridgehead atoms. The number of amides is 1. The van der Waals surface area contributed by atoms with Crippen molar-refractivity contribution < 1.29 is 9.90 Å². The van der Waals surface area contributed by atoms with Crippen LogP contribution >= 0.6 is 11.3 Å². The number of aliphatic hydroxyl groups excluding tert-OH is 1. The van der Waals surface area contributed by atoms with E-state index in [1.165, 1.54) is 11.3 Å². The van der Waals surface area contributed by atoms with Gasteiger partial charge in [-0.2, -0.15) is 0 Å². The Labute approximate surface area is 132 Å². The van der Waals surface area contributed by atoms with Gasteiger partial charge in [-0.15, -0.1) is 11.3 Å². The molecule has 1 atom stereocenters. The molecule has 0 aliphatic carbocycles. The maximum Gasteiger partial charge on any atom is 0.280 e. The van der Waals surface area contributed by atoms with Gasteiger partial charge in [0.15, 0.2) is 5.01 Å². The molecule has 1 heterocycles. The summed E-state index contributed by atoms with van der Waals surface area (Å²) in [5.41, 5.74) is 2.65. The number of carbonyl (C=O) groups is 1. The summed E-state index contributed by atoms with van der Waals surface area (Å²) in [6, 6.07) is 15.2. The van der Waals surface area contributed by atoms with Crippen molar-refractivity contribution in [3.05, 3.63) is 64.7 Å². The van der Waals surface area contributed by atoms with Gasteiger partial charge in [0.1, 0.15) is 0 Å². The molecule has 2 N–H and O–H groups in total. The van der Waals surface area contributed by atoms with Crippen LogP contribution in [0.25, 0.3) is 10.2 Å². The third-order valence-electron chi connectivity index (χ3n) is 3.49. The van der Waals surface area contributed by atoms with Crippen LogP contribution in [0.3, 0.4) is 0 Å². The number of hydrogen-bond acceptors (Lipinski definition) is 4. The Bertz CT molecular complexity index is 780. The molecule has 5 heteroatoms. The van der Waals surface area contributed by atoms with Gasteiger partial charge >= 0.3 is 0 Å². The van der Waals surface area contributed by atoms with Crippen molar-refractivity contribution in [1.29, 1.82) is 0 Å².